The monoisotopic (exact) mass is 146 g/mol. The zero-order chi connectivity index (χ0) is 8.20. The van der Waals surface area contributed by atoms with Crippen LogP contribution in [0.4, 0.5) is 0 Å². The van der Waals surface area contributed by atoms with Crippen molar-refractivity contribution in [3.05, 3.63) is 0 Å². The van der Waals surface area contributed by atoms with Gasteiger partial charge in [0, 0.05) is 6.61 Å². The van der Waals surface area contributed by atoms with Crippen molar-refractivity contribution in [3.63, 3.8) is 0 Å². The van der Waals surface area contributed by atoms with Crippen molar-refractivity contribution in [2.75, 3.05) is 13.2 Å². The number of hydrogen-bond donors (Lipinski definition) is 1. The van der Waals surface area contributed by atoms with E-state index < -0.39 is 11.4 Å². The average molecular weight is 146 g/mol. The molecule has 0 aliphatic carbocycles. The summed E-state index contributed by atoms with van der Waals surface area (Å²) in [6.07, 6.45) is 0. The van der Waals surface area contributed by atoms with Gasteiger partial charge < -0.3 is 9.84 Å². The maximum Gasteiger partial charge on any atom is 0.311 e. The molecule has 0 spiro atoms. The Bertz CT molecular complexity index is 118. The van der Waals surface area contributed by atoms with Gasteiger partial charge in [-0.1, -0.05) is 0 Å². The molecule has 1 N–H and O–H groups in total. The fourth-order valence-electron chi connectivity index (χ4n) is 0.419. The minimum Gasteiger partial charge on any atom is -0.481 e. The lowest BCUT2D eigenvalue weighted by atomic mass is 9.95. The molecule has 0 aliphatic heterocycles. The molecular formula is C7H14O3. The number of hydrogen-bond acceptors (Lipinski definition) is 2. The highest BCUT2D eigenvalue weighted by Gasteiger charge is 2.26. The normalized spacial score (nSPS) is 11.5. The van der Waals surface area contributed by atoms with Crippen molar-refractivity contribution in [2.24, 2.45) is 5.41 Å². The molecule has 0 saturated carbocycles. The molecule has 0 amide bonds. The summed E-state index contributed by atoms with van der Waals surface area (Å²) in [7, 11) is 0. The smallest absolute Gasteiger partial charge is 0.311 e. The third kappa shape index (κ3) is 2.82. The number of aliphatic carboxylic acids is 1. The standard InChI is InChI=1S/C7H14O3/c1-4-10-5-7(2,3)6(8)9/h4-5H2,1-3H3,(H,8,9). The van der Waals surface area contributed by atoms with Gasteiger partial charge in [-0.3, -0.25) is 4.79 Å². The third-order valence-corrected chi connectivity index (χ3v) is 1.25. The molecule has 0 bridgehead atoms. The second-order valence-corrected chi connectivity index (χ2v) is 2.83. The van der Waals surface area contributed by atoms with Crippen LogP contribution in [0.2, 0.25) is 0 Å². The van der Waals surface area contributed by atoms with Gasteiger partial charge in [-0.25, -0.2) is 0 Å². The molecule has 0 radical (unpaired) electrons. The van der Waals surface area contributed by atoms with E-state index >= 15 is 0 Å². The quantitative estimate of drug-likeness (QED) is 0.646. The zero-order valence-electron chi connectivity index (χ0n) is 6.68. The van der Waals surface area contributed by atoms with Crippen molar-refractivity contribution in [1.82, 2.24) is 0 Å². The van der Waals surface area contributed by atoms with Crippen molar-refractivity contribution in [2.45, 2.75) is 20.8 Å². The van der Waals surface area contributed by atoms with Crippen LogP contribution < -0.4 is 0 Å². The molecule has 0 aromatic rings. The number of carboxylic acid groups (broad SMARTS) is 1. The van der Waals surface area contributed by atoms with Crippen LogP contribution in [0.3, 0.4) is 0 Å². The lowest BCUT2D eigenvalue weighted by molar-refractivity contribution is -0.150. The molecule has 60 valence electrons. The van der Waals surface area contributed by atoms with Crippen molar-refractivity contribution >= 4 is 5.97 Å². The predicted octanol–water partition coefficient (Wildman–Crippen LogP) is 1.13. The zero-order valence-corrected chi connectivity index (χ0v) is 6.68. The molecule has 0 fully saturated rings. The number of carbonyl (C=O) groups is 1. The molecular weight excluding hydrogens is 132 g/mol. The van der Waals surface area contributed by atoms with Crippen molar-refractivity contribution in [1.29, 1.82) is 0 Å². The maximum absolute atomic E-state index is 10.4. The Labute approximate surface area is 61.0 Å². The lowest BCUT2D eigenvalue weighted by Crippen LogP contribution is -2.29. The van der Waals surface area contributed by atoms with E-state index in [4.69, 9.17) is 9.84 Å². The molecule has 0 unspecified atom stereocenters. The highest BCUT2D eigenvalue weighted by molar-refractivity contribution is 5.73. The van der Waals surface area contributed by atoms with E-state index in [1.54, 1.807) is 13.8 Å². The van der Waals surface area contributed by atoms with Crippen LogP contribution >= 0.6 is 0 Å². The molecule has 3 nitrogen and oxygen atoms in total. The molecule has 3 heteroatoms. The molecule has 0 aromatic heterocycles. The first-order valence-corrected chi connectivity index (χ1v) is 3.32. The third-order valence-electron chi connectivity index (χ3n) is 1.25. The topological polar surface area (TPSA) is 46.5 Å². The summed E-state index contributed by atoms with van der Waals surface area (Å²) in [5.41, 5.74) is -0.754. The predicted molar refractivity (Wildman–Crippen MR) is 37.9 cm³/mol. The van der Waals surface area contributed by atoms with Gasteiger partial charge in [-0.2, -0.15) is 0 Å². The Kier molecular flexibility index (Phi) is 3.36. The minimum absolute atomic E-state index is 0.277. The summed E-state index contributed by atoms with van der Waals surface area (Å²) >= 11 is 0. The van der Waals surface area contributed by atoms with E-state index in [0.717, 1.165) is 0 Å². The van der Waals surface area contributed by atoms with Gasteiger partial charge >= 0.3 is 5.97 Å². The van der Waals surface area contributed by atoms with Crippen LogP contribution in [0.15, 0.2) is 0 Å². The van der Waals surface area contributed by atoms with Gasteiger partial charge in [0.25, 0.3) is 0 Å². The summed E-state index contributed by atoms with van der Waals surface area (Å²) < 4.78 is 4.98. The van der Waals surface area contributed by atoms with Crippen LogP contribution in [-0.4, -0.2) is 24.3 Å². The molecule has 0 atom stereocenters. The Morgan fingerprint density at radius 2 is 2.10 bits per heavy atom. The second-order valence-electron chi connectivity index (χ2n) is 2.83. The first kappa shape index (κ1) is 9.43. The summed E-state index contributed by atoms with van der Waals surface area (Å²) in [4.78, 5) is 10.4. The fraction of sp³-hybridized carbons (Fsp3) is 0.857. The summed E-state index contributed by atoms with van der Waals surface area (Å²) in [6.45, 7) is 5.98. The van der Waals surface area contributed by atoms with Crippen LogP contribution in [0.5, 0.6) is 0 Å². The molecule has 0 rings (SSSR count). The Morgan fingerprint density at radius 3 is 2.40 bits per heavy atom. The molecule has 0 saturated heterocycles. The van der Waals surface area contributed by atoms with E-state index in [1.165, 1.54) is 0 Å². The van der Waals surface area contributed by atoms with E-state index in [2.05, 4.69) is 0 Å². The molecule has 0 aliphatic rings. The van der Waals surface area contributed by atoms with Crippen LogP contribution in [0.25, 0.3) is 0 Å². The van der Waals surface area contributed by atoms with E-state index in [1.807, 2.05) is 6.92 Å². The Morgan fingerprint density at radius 1 is 1.60 bits per heavy atom. The lowest BCUT2D eigenvalue weighted by Gasteiger charge is -2.17. The summed E-state index contributed by atoms with van der Waals surface area (Å²) in [5, 5.41) is 8.59. The Balaban J connectivity index is 3.75. The van der Waals surface area contributed by atoms with Gasteiger partial charge in [0.1, 0.15) is 0 Å². The first-order chi connectivity index (χ1) is 4.50. The number of ether oxygens (including phenoxy) is 1. The van der Waals surface area contributed by atoms with Crippen LogP contribution in [0, 0.1) is 5.41 Å². The van der Waals surface area contributed by atoms with Gasteiger partial charge in [-0.05, 0) is 20.8 Å². The molecule has 0 heterocycles. The SMILES string of the molecule is CCOCC(C)(C)C(=O)O. The number of carboxylic acids is 1. The van der Waals surface area contributed by atoms with E-state index in [0.29, 0.717) is 6.61 Å². The molecule has 10 heavy (non-hydrogen) atoms. The fourth-order valence-corrected chi connectivity index (χ4v) is 0.419. The molecule has 0 aromatic carbocycles. The highest BCUT2D eigenvalue weighted by Crippen LogP contribution is 2.14. The van der Waals surface area contributed by atoms with Crippen LogP contribution in [0.1, 0.15) is 20.8 Å². The maximum atomic E-state index is 10.4. The summed E-state index contributed by atoms with van der Waals surface area (Å²) in [5.74, 6) is -0.819. The van der Waals surface area contributed by atoms with Gasteiger partial charge in [0.2, 0.25) is 0 Å². The van der Waals surface area contributed by atoms with E-state index in [-0.39, 0.29) is 6.61 Å². The summed E-state index contributed by atoms with van der Waals surface area (Å²) in [6, 6.07) is 0. The van der Waals surface area contributed by atoms with Crippen molar-refractivity contribution < 1.29 is 14.6 Å². The van der Waals surface area contributed by atoms with Crippen LogP contribution in [-0.2, 0) is 9.53 Å². The largest absolute Gasteiger partial charge is 0.481 e. The van der Waals surface area contributed by atoms with Gasteiger partial charge in [-0.15, -0.1) is 0 Å². The van der Waals surface area contributed by atoms with Gasteiger partial charge in [0.15, 0.2) is 0 Å². The Hall–Kier alpha value is -0.570. The highest BCUT2D eigenvalue weighted by atomic mass is 16.5. The second kappa shape index (κ2) is 3.56. The minimum atomic E-state index is -0.819. The van der Waals surface area contributed by atoms with Crippen molar-refractivity contribution in [3.8, 4) is 0 Å². The van der Waals surface area contributed by atoms with Gasteiger partial charge in [0.05, 0.1) is 12.0 Å². The van der Waals surface area contributed by atoms with E-state index in [9.17, 15) is 4.79 Å². The average Bonchev–Trinajstić information content (AvgIpc) is 1.84. The first-order valence-electron chi connectivity index (χ1n) is 3.32. The number of rotatable bonds is 4.